The van der Waals surface area contributed by atoms with Gasteiger partial charge in [-0.1, -0.05) is 20.8 Å². The van der Waals surface area contributed by atoms with Gasteiger partial charge in [0, 0.05) is 0 Å². The first-order valence-electron chi connectivity index (χ1n) is 4.82. The van der Waals surface area contributed by atoms with Gasteiger partial charge in [-0.25, -0.2) is 0 Å². The molecule has 3 heteroatoms. The van der Waals surface area contributed by atoms with Crippen LogP contribution in [0.4, 0.5) is 0 Å². The minimum absolute atomic E-state index is 0.00798. The molecule has 1 aromatic carbocycles. The molecule has 0 aliphatic carbocycles. The maximum atomic E-state index is 11.2. The van der Waals surface area contributed by atoms with Crippen molar-refractivity contribution in [2.24, 2.45) is 5.41 Å². The van der Waals surface area contributed by atoms with E-state index in [0.717, 1.165) is 0 Å². The van der Waals surface area contributed by atoms with Crippen LogP contribution >= 0.6 is 0 Å². The molecule has 0 spiro atoms. The Balaban J connectivity index is 2.93. The third-order valence-electron chi connectivity index (χ3n) is 1.96. The first-order chi connectivity index (χ1) is 6.37. The van der Waals surface area contributed by atoms with Gasteiger partial charge in [0.25, 0.3) is 5.43 Å². The summed E-state index contributed by atoms with van der Waals surface area (Å²) < 4.78 is 5.13. The Morgan fingerprint density at radius 3 is 2.14 bits per heavy atom. The van der Waals surface area contributed by atoms with E-state index in [1.807, 2.05) is 20.8 Å². The third kappa shape index (κ3) is 2.03. The van der Waals surface area contributed by atoms with Crippen molar-refractivity contribution in [3.63, 3.8) is 0 Å². The lowest BCUT2D eigenvalue weighted by Crippen LogP contribution is -2.38. The minimum Gasteiger partial charge on any atom is -0.489 e. The molecule has 0 radical (unpaired) electrons. The van der Waals surface area contributed by atoms with E-state index in [9.17, 15) is 9.59 Å². The van der Waals surface area contributed by atoms with Gasteiger partial charge in [0.15, 0.2) is 5.75 Å². The van der Waals surface area contributed by atoms with Gasteiger partial charge in [-0.05, 0) is 18.8 Å². The monoisotopic (exact) mass is 196 g/mol. The van der Waals surface area contributed by atoms with Gasteiger partial charge in [0.1, 0.15) is 0 Å². The Morgan fingerprint density at radius 1 is 1.14 bits per heavy atom. The molecule has 0 heterocycles. The van der Waals surface area contributed by atoms with Gasteiger partial charge in [-0.2, -0.15) is 0 Å². The van der Waals surface area contributed by atoms with Crippen LogP contribution in [0.3, 0.4) is 0 Å². The average molecular weight is 196 g/mol. The summed E-state index contributed by atoms with van der Waals surface area (Å²) in [6.07, 6.45) is 0.604. The summed E-state index contributed by atoms with van der Waals surface area (Å²) in [6, 6.07) is 0. The van der Waals surface area contributed by atoms with E-state index in [2.05, 4.69) is 0 Å². The fourth-order valence-electron chi connectivity index (χ4n) is 1.41. The summed E-state index contributed by atoms with van der Waals surface area (Å²) >= 11 is 0. The van der Waals surface area contributed by atoms with Crippen molar-refractivity contribution in [1.82, 2.24) is 0 Å². The van der Waals surface area contributed by atoms with Crippen LogP contribution in [0.2, 0.25) is 0 Å². The molecule has 0 unspecified atom stereocenters. The second kappa shape index (κ2) is 3.56. The highest BCUT2D eigenvalue weighted by Crippen LogP contribution is 2.23. The standard InChI is InChI=1S/C11H16O3/c1-5-14-10-7(6-11(2,3)4)8(12)9(10)13/h5-6H2,1-4H3. The predicted octanol–water partition coefficient (Wildman–Crippen LogP) is 1.27. The maximum Gasteiger partial charge on any atom is 0.268 e. The third-order valence-corrected chi connectivity index (χ3v) is 1.96. The molecule has 0 saturated heterocycles. The van der Waals surface area contributed by atoms with E-state index < -0.39 is 5.43 Å². The SMILES string of the molecule is CCOc1c(CC(C)(C)C)c(=O)c1=O. The lowest BCUT2D eigenvalue weighted by atomic mass is 9.86. The second-order valence-corrected chi connectivity index (χ2v) is 4.64. The van der Waals surface area contributed by atoms with E-state index >= 15 is 0 Å². The first kappa shape index (κ1) is 11.0. The molecule has 0 aromatic heterocycles. The first-order valence-corrected chi connectivity index (χ1v) is 4.82. The normalized spacial score (nSPS) is 12.0. The Bertz CT molecular complexity index is 389. The lowest BCUT2D eigenvalue weighted by Gasteiger charge is -2.20. The van der Waals surface area contributed by atoms with Crippen molar-refractivity contribution in [2.45, 2.75) is 34.1 Å². The highest BCUT2D eigenvalue weighted by atomic mass is 16.5. The van der Waals surface area contributed by atoms with Crippen molar-refractivity contribution in [3.05, 3.63) is 26.0 Å². The predicted molar refractivity (Wildman–Crippen MR) is 55.7 cm³/mol. The smallest absolute Gasteiger partial charge is 0.268 e. The zero-order chi connectivity index (χ0) is 10.9. The Kier molecular flexibility index (Phi) is 2.79. The summed E-state index contributed by atoms with van der Waals surface area (Å²) in [7, 11) is 0. The van der Waals surface area contributed by atoms with Crippen molar-refractivity contribution in [2.75, 3.05) is 6.61 Å². The van der Waals surface area contributed by atoms with Crippen LogP contribution < -0.4 is 15.6 Å². The Morgan fingerprint density at radius 2 is 1.71 bits per heavy atom. The fourth-order valence-corrected chi connectivity index (χ4v) is 1.41. The summed E-state index contributed by atoms with van der Waals surface area (Å²) in [6.45, 7) is 8.32. The van der Waals surface area contributed by atoms with E-state index in [0.29, 0.717) is 18.6 Å². The van der Waals surface area contributed by atoms with Gasteiger partial charge in [0.05, 0.1) is 12.2 Å². The van der Waals surface area contributed by atoms with Crippen molar-refractivity contribution < 1.29 is 4.74 Å². The summed E-state index contributed by atoms with van der Waals surface area (Å²) in [4.78, 5) is 22.4. The zero-order valence-corrected chi connectivity index (χ0v) is 9.14. The molecule has 0 fully saturated rings. The maximum absolute atomic E-state index is 11.2. The van der Waals surface area contributed by atoms with Gasteiger partial charge in [0.2, 0.25) is 5.43 Å². The number of hydrogen-bond donors (Lipinski definition) is 0. The van der Waals surface area contributed by atoms with Crippen LogP contribution in [0, 0.1) is 5.41 Å². The fraction of sp³-hybridized carbons (Fsp3) is 0.636. The molecule has 0 aliphatic rings. The van der Waals surface area contributed by atoms with Gasteiger partial charge in [-0.3, -0.25) is 9.59 Å². The van der Waals surface area contributed by atoms with Gasteiger partial charge >= 0.3 is 0 Å². The zero-order valence-electron chi connectivity index (χ0n) is 9.14. The second-order valence-electron chi connectivity index (χ2n) is 4.64. The van der Waals surface area contributed by atoms with Crippen molar-refractivity contribution in [1.29, 1.82) is 0 Å². The molecule has 0 atom stereocenters. The summed E-state index contributed by atoms with van der Waals surface area (Å²) in [5.74, 6) is 0.285. The van der Waals surface area contributed by atoms with Crippen LogP contribution in [-0.2, 0) is 6.42 Å². The van der Waals surface area contributed by atoms with Crippen LogP contribution in [-0.4, -0.2) is 6.61 Å². The molecule has 0 bridgehead atoms. The number of ether oxygens (including phenoxy) is 1. The highest BCUT2D eigenvalue weighted by molar-refractivity contribution is 5.40. The van der Waals surface area contributed by atoms with Crippen LogP contribution in [0.5, 0.6) is 5.75 Å². The number of rotatable bonds is 3. The quantitative estimate of drug-likeness (QED) is 0.684. The van der Waals surface area contributed by atoms with Crippen LogP contribution in [0.25, 0.3) is 0 Å². The minimum atomic E-state index is -0.467. The summed E-state index contributed by atoms with van der Waals surface area (Å²) in [5.41, 5.74) is -0.271. The van der Waals surface area contributed by atoms with E-state index in [-0.39, 0.29) is 16.6 Å². The number of hydrogen-bond acceptors (Lipinski definition) is 3. The topological polar surface area (TPSA) is 43.4 Å². The molecular weight excluding hydrogens is 180 g/mol. The lowest BCUT2D eigenvalue weighted by molar-refractivity contribution is 0.317. The molecular formula is C11H16O3. The Hall–Kier alpha value is -1.12. The molecule has 78 valence electrons. The van der Waals surface area contributed by atoms with Crippen molar-refractivity contribution >= 4 is 0 Å². The average Bonchev–Trinajstić information content (AvgIpc) is 2.09. The highest BCUT2D eigenvalue weighted by Gasteiger charge is 2.26. The van der Waals surface area contributed by atoms with Crippen LogP contribution in [0.1, 0.15) is 33.3 Å². The van der Waals surface area contributed by atoms with E-state index in [4.69, 9.17) is 4.74 Å². The molecule has 0 aliphatic heterocycles. The van der Waals surface area contributed by atoms with E-state index in [1.165, 1.54) is 0 Å². The molecule has 0 amide bonds. The largest absolute Gasteiger partial charge is 0.489 e. The molecule has 0 saturated carbocycles. The van der Waals surface area contributed by atoms with E-state index in [1.54, 1.807) is 6.92 Å². The summed E-state index contributed by atoms with van der Waals surface area (Å²) in [5, 5.41) is 0. The molecule has 1 aromatic rings. The van der Waals surface area contributed by atoms with Gasteiger partial charge in [-0.15, -0.1) is 0 Å². The molecule has 14 heavy (non-hydrogen) atoms. The van der Waals surface area contributed by atoms with Crippen LogP contribution in [0.15, 0.2) is 9.59 Å². The molecule has 0 N–H and O–H groups in total. The van der Waals surface area contributed by atoms with Crippen molar-refractivity contribution in [3.8, 4) is 5.75 Å². The molecule has 3 nitrogen and oxygen atoms in total. The Labute approximate surface area is 83.4 Å². The van der Waals surface area contributed by atoms with Gasteiger partial charge < -0.3 is 4.74 Å². The molecule has 1 rings (SSSR count).